The third kappa shape index (κ3) is 5.02. The van der Waals surface area contributed by atoms with E-state index in [1.807, 2.05) is 29.6 Å². The molecule has 6 nitrogen and oxygen atoms in total. The van der Waals surface area contributed by atoms with Gasteiger partial charge in [0.1, 0.15) is 33.8 Å². The molecule has 4 rings (SSSR count). The van der Waals surface area contributed by atoms with Crippen LogP contribution in [-0.4, -0.2) is 12.6 Å². The first-order valence-electron chi connectivity index (χ1n) is 10.8. The molecule has 2 heterocycles. The minimum absolute atomic E-state index is 0.0333. The summed E-state index contributed by atoms with van der Waals surface area (Å²) in [5, 5.41) is 11.6. The molecule has 0 bridgehead atoms. The molecular weight excluding hydrogens is 436 g/mol. The molecule has 33 heavy (non-hydrogen) atoms. The van der Waals surface area contributed by atoms with Gasteiger partial charge in [-0.1, -0.05) is 44.0 Å². The van der Waals surface area contributed by atoms with Crippen LogP contribution < -0.4 is 19.9 Å². The zero-order chi connectivity index (χ0) is 23.2. The molecule has 1 aromatic heterocycles. The number of fused-ring (bicyclic) bond motifs is 1. The van der Waals surface area contributed by atoms with E-state index >= 15 is 0 Å². The van der Waals surface area contributed by atoms with Crippen molar-refractivity contribution in [3.8, 4) is 23.3 Å². The summed E-state index contributed by atoms with van der Waals surface area (Å²) in [7, 11) is 0. The van der Waals surface area contributed by atoms with Crippen molar-refractivity contribution in [2.24, 2.45) is 5.73 Å². The Bertz CT molecular complexity index is 1210. The minimum atomic E-state index is -0.438. The van der Waals surface area contributed by atoms with Crippen molar-refractivity contribution in [2.75, 3.05) is 6.61 Å². The minimum Gasteiger partial charge on any atom is -0.494 e. The van der Waals surface area contributed by atoms with Gasteiger partial charge in [-0.15, -0.1) is 11.3 Å². The summed E-state index contributed by atoms with van der Waals surface area (Å²) in [4.78, 5) is 12.8. The number of nitrogens with zero attached hydrogens (tertiary/aromatic N) is 1. The molecule has 2 N–H and O–H groups in total. The number of nitriles is 1. The van der Waals surface area contributed by atoms with Crippen LogP contribution in [0.1, 0.15) is 52.9 Å². The molecule has 0 saturated carbocycles. The number of hydrogen-bond donors (Lipinski definition) is 1. The highest BCUT2D eigenvalue weighted by molar-refractivity contribution is 7.12. The predicted molar refractivity (Wildman–Crippen MR) is 126 cm³/mol. The van der Waals surface area contributed by atoms with E-state index in [4.69, 9.17) is 19.9 Å². The molecule has 0 amide bonds. The quantitative estimate of drug-likeness (QED) is 0.261. The van der Waals surface area contributed by atoms with Gasteiger partial charge in [-0.25, -0.2) is 4.79 Å². The molecule has 168 valence electrons. The lowest BCUT2D eigenvalue weighted by Crippen LogP contribution is -2.21. The van der Waals surface area contributed by atoms with Gasteiger partial charge in [0, 0.05) is 11.6 Å². The lowest BCUT2D eigenvalue weighted by molar-refractivity contribution is 0.0739. The van der Waals surface area contributed by atoms with Gasteiger partial charge in [0.05, 0.1) is 12.5 Å². The predicted octanol–water partition coefficient (Wildman–Crippen LogP) is 5.75. The summed E-state index contributed by atoms with van der Waals surface area (Å²) in [6.07, 6.45) is 3.23. The van der Waals surface area contributed by atoms with E-state index in [2.05, 4.69) is 13.0 Å². The second-order valence-corrected chi connectivity index (χ2v) is 8.57. The molecule has 1 aliphatic rings. The molecule has 0 saturated heterocycles. The van der Waals surface area contributed by atoms with E-state index in [-0.39, 0.29) is 5.88 Å². The van der Waals surface area contributed by atoms with Crippen LogP contribution in [-0.2, 0) is 0 Å². The maximum atomic E-state index is 12.3. The van der Waals surface area contributed by atoms with Crippen LogP contribution in [0.2, 0.25) is 0 Å². The third-order valence-electron chi connectivity index (χ3n) is 5.33. The van der Waals surface area contributed by atoms with Crippen LogP contribution in [0.25, 0.3) is 0 Å². The number of benzene rings is 2. The second kappa shape index (κ2) is 10.2. The van der Waals surface area contributed by atoms with Crippen LogP contribution >= 0.6 is 11.3 Å². The maximum absolute atomic E-state index is 12.3. The molecule has 1 unspecified atom stereocenters. The van der Waals surface area contributed by atoms with Crippen molar-refractivity contribution in [3.63, 3.8) is 0 Å². The summed E-state index contributed by atoms with van der Waals surface area (Å²) in [6.45, 7) is 2.79. The SMILES string of the molecule is CCCCCOc1cccc(C2C(C#N)=C(N)Oc3cc(OC(=O)c4cccs4)ccc32)c1. The van der Waals surface area contributed by atoms with Gasteiger partial charge < -0.3 is 19.9 Å². The van der Waals surface area contributed by atoms with Gasteiger partial charge >= 0.3 is 5.97 Å². The first-order valence-corrected chi connectivity index (χ1v) is 11.7. The third-order valence-corrected chi connectivity index (χ3v) is 6.18. The number of hydrogen-bond acceptors (Lipinski definition) is 7. The molecule has 0 fully saturated rings. The van der Waals surface area contributed by atoms with Gasteiger partial charge in [0.25, 0.3) is 0 Å². The number of rotatable bonds is 8. The summed E-state index contributed by atoms with van der Waals surface area (Å²) in [5.41, 5.74) is 8.07. The molecule has 1 atom stereocenters. The number of thiophene rings is 1. The lowest BCUT2D eigenvalue weighted by Gasteiger charge is -2.27. The fourth-order valence-corrected chi connectivity index (χ4v) is 4.32. The molecule has 7 heteroatoms. The Balaban J connectivity index is 1.63. The largest absolute Gasteiger partial charge is 0.494 e. The van der Waals surface area contributed by atoms with E-state index in [1.54, 1.807) is 30.3 Å². The fraction of sp³-hybridized carbons (Fsp3) is 0.231. The second-order valence-electron chi connectivity index (χ2n) is 7.62. The monoisotopic (exact) mass is 460 g/mol. The van der Waals surface area contributed by atoms with Gasteiger partial charge in [0.15, 0.2) is 0 Å². The molecular formula is C26H24N2O4S. The molecule has 0 radical (unpaired) electrons. The number of carbonyl (C=O) groups excluding carboxylic acids is 1. The number of allylic oxidation sites excluding steroid dienone is 1. The Morgan fingerprint density at radius 3 is 2.79 bits per heavy atom. The summed E-state index contributed by atoms with van der Waals surface area (Å²) in [5.74, 6) is 0.709. The van der Waals surface area contributed by atoms with E-state index in [0.717, 1.165) is 36.1 Å². The molecule has 2 aromatic carbocycles. The average molecular weight is 461 g/mol. The Kier molecular flexibility index (Phi) is 6.96. The highest BCUT2D eigenvalue weighted by Crippen LogP contribution is 2.44. The standard InChI is InChI=1S/C26H24N2O4S/c1-2-3-4-12-30-18-8-5-7-17(14-18)24-20-11-10-19(31-26(29)23-9-6-13-33-23)15-22(20)32-25(28)21(24)16-27/h5-11,13-15,24H,2-4,12,28H2,1H3. The number of nitrogens with two attached hydrogens (primary N) is 1. The smallest absolute Gasteiger partial charge is 0.353 e. The molecule has 1 aliphatic heterocycles. The van der Waals surface area contributed by atoms with Crippen molar-refractivity contribution in [1.29, 1.82) is 5.26 Å². The summed E-state index contributed by atoms with van der Waals surface area (Å²) in [6, 6.07) is 18.5. The van der Waals surface area contributed by atoms with Crippen molar-refractivity contribution >= 4 is 17.3 Å². The normalized spacial score (nSPS) is 14.7. The summed E-state index contributed by atoms with van der Waals surface area (Å²) < 4.78 is 17.1. The molecule has 3 aromatic rings. The number of ether oxygens (including phenoxy) is 3. The lowest BCUT2D eigenvalue weighted by atomic mass is 9.83. The molecule has 0 aliphatic carbocycles. The number of carbonyl (C=O) groups is 1. The average Bonchev–Trinajstić information content (AvgIpc) is 3.36. The van der Waals surface area contributed by atoms with E-state index in [1.165, 1.54) is 11.3 Å². The first kappa shape index (κ1) is 22.4. The van der Waals surface area contributed by atoms with Crippen molar-refractivity contribution < 1.29 is 19.0 Å². The van der Waals surface area contributed by atoms with Gasteiger partial charge in [0.2, 0.25) is 5.88 Å². The van der Waals surface area contributed by atoms with Crippen molar-refractivity contribution in [1.82, 2.24) is 0 Å². The number of unbranched alkanes of at least 4 members (excludes halogenated alkanes) is 2. The van der Waals surface area contributed by atoms with E-state index in [9.17, 15) is 10.1 Å². The zero-order valence-electron chi connectivity index (χ0n) is 18.2. The Labute approximate surface area is 196 Å². The zero-order valence-corrected chi connectivity index (χ0v) is 19.1. The van der Waals surface area contributed by atoms with Crippen LogP contribution in [0.5, 0.6) is 17.2 Å². The summed E-state index contributed by atoms with van der Waals surface area (Å²) >= 11 is 1.31. The van der Waals surface area contributed by atoms with Gasteiger partial charge in [-0.2, -0.15) is 5.26 Å². The van der Waals surface area contributed by atoms with Crippen LogP contribution in [0.4, 0.5) is 0 Å². The Morgan fingerprint density at radius 2 is 2.03 bits per heavy atom. The van der Waals surface area contributed by atoms with Crippen molar-refractivity contribution in [2.45, 2.75) is 32.1 Å². The Morgan fingerprint density at radius 1 is 1.15 bits per heavy atom. The van der Waals surface area contributed by atoms with E-state index in [0.29, 0.717) is 28.6 Å². The van der Waals surface area contributed by atoms with Crippen LogP contribution in [0, 0.1) is 11.3 Å². The maximum Gasteiger partial charge on any atom is 0.353 e. The van der Waals surface area contributed by atoms with Crippen molar-refractivity contribution in [3.05, 3.63) is 87.4 Å². The fourth-order valence-electron chi connectivity index (χ4n) is 3.72. The number of esters is 1. The van der Waals surface area contributed by atoms with Crippen LogP contribution in [0.15, 0.2) is 71.4 Å². The highest BCUT2D eigenvalue weighted by atomic mass is 32.1. The van der Waals surface area contributed by atoms with Gasteiger partial charge in [-0.3, -0.25) is 0 Å². The topological polar surface area (TPSA) is 94.6 Å². The highest BCUT2D eigenvalue weighted by Gasteiger charge is 2.31. The van der Waals surface area contributed by atoms with E-state index < -0.39 is 11.9 Å². The van der Waals surface area contributed by atoms with Gasteiger partial charge in [-0.05, 0) is 41.6 Å². The first-order chi connectivity index (χ1) is 16.1. The van der Waals surface area contributed by atoms with Crippen LogP contribution in [0.3, 0.4) is 0 Å². The molecule has 0 spiro atoms. The Hall–Kier alpha value is -3.76.